The van der Waals surface area contributed by atoms with Gasteiger partial charge in [-0.1, -0.05) is 32.6 Å². The Bertz CT molecular complexity index is 260. The van der Waals surface area contributed by atoms with Gasteiger partial charge in [0.15, 0.2) is 6.29 Å². The second kappa shape index (κ2) is 8.92. The molecule has 0 amide bonds. The zero-order chi connectivity index (χ0) is 15.1. The van der Waals surface area contributed by atoms with E-state index in [1.807, 2.05) is 6.92 Å². The van der Waals surface area contributed by atoms with Crippen molar-refractivity contribution in [2.75, 3.05) is 6.61 Å². The number of ether oxygens (including phenoxy) is 2. The first-order valence-corrected chi connectivity index (χ1v) is 7.47. The third-order valence-corrected chi connectivity index (χ3v) is 3.68. The molecule has 4 unspecified atom stereocenters. The summed E-state index contributed by atoms with van der Waals surface area (Å²) in [5.41, 5.74) is 0. The molecule has 0 aromatic heterocycles. The molecule has 1 aliphatic rings. The largest absolute Gasteiger partial charge is 0.394 e. The van der Waals surface area contributed by atoms with E-state index in [0.29, 0.717) is 0 Å². The highest BCUT2D eigenvalue weighted by Crippen LogP contribution is 2.23. The fraction of sp³-hybridized carbons (Fsp3) is 1.00. The average Bonchev–Trinajstić information content (AvgIpc) is 2.44. The van der Waals surface area contributed by atoms with Crippen LogP contribution in [0.4, 0.5) is 0 Å². The lowest BCUT2D eigenvalue weighted by molar-refractivity contribution is -0.310. The minimum absolute atomic E-state index is 0.117. The zero-order valence-corrected chi connectivity index (χ0v) is 12.3. The second-order valence-corrected chi connectivity index (χ2v) is 5.49. The van der Waals surface area contributed by atoms with Crippen LogP contribution < -0.4 is 0 Å². The highest BCUT2D eigenvalue weighted by molar-refractivity contribution is 4.89. The molecule has 6 atom stereocenters. The highest BCUT2D eigenvalue weighted by Gasteiger charge is 2.44. The summed E-state index contributed by atoms with van der Waals surface area (Å²) >= 11 is 0. The van der Waals surface area contributed by atoms with Crippen LogP contribution in [0.3, 0.4) is 0 Å². The Balaban J connectivity index is 2.40. The lowest BCUT2D eigenvalue weighted by atomic mass is 9.99. The van der Waals surface area contributed by atoms with Crippen LogP contribution in [0.5, 0.6) is 0 Å². The third kappa shape index (κ3) is 4.95. The van der Waals surface area contributed by atoms with Gasteiger partial charge in [0.05, 0.1) is 12.7 Å². The van der Waals surface area contributed by atoms with Gasteiger partial charge in [-0.2, -0.15) is 0 Å². The minimum atomic E-state index is -1.38. The van der Waals surface area contributed by atoms with Crippen molar-refractivity contribution in [3.8, 4) is 0 Å². The number of rotatable bonds is 8. The molecule has 120 valence electrons. The van der Waals surface area contributed by atoms with Crippen LogP contribution in [-0.2, 0) is 9.47 Å². The highest BCUT2D eigenvalue weighted by atomic mass is 16.7. The van der Waals surface area contributed by atoms with Crippen molar-refractivity contribution in [1.29, 1.82) is 0 Å². The van der Waals surface area contributed by atoms with E-state index < -0.39 is 37.3 Å². The summed E-state index contributed by atoms with van der Waals surface area (Å²) in [5.74, 6) is 0. The van der Waals surface area contributed by atoms with Gasteiger partial charge >= 0.3 is 0 Å². The van der Waals surface area contributed by atoms with Gasteiger partial charge in [-0.25, -0.2) is 0 Å². The van der Waals surface area contributed by atoms with Crippen molar-refractivity contribution in [2.45, 2.75) is 82.8 Å². The van der Waals surface area contributed by atoms with Gasteiger partial charge in [-0.05, 0) is 13.3 Å². The van der Waals surface area contributed by atoms with E-state index >= 15 is 0 Å². The Labute approximate surface area is 120 Å². The standard InChI is InChI=1S/C14H28O6/c1-3-4-5-6-7-9(2)19-14-13(18)12(17)11(16)10(8-15)20-14/h9-18H,3-8H2,1-2H3/t9?,10?,11-,12?,13?,14-/m1/s1. The number of hydrogen-bond acceptors (Lipinski definition) is 6. The second-order valence-electron chi connectivity index (χ2n) is 5.49. The zero-order valence-electron chi connectivity index (χ0n) is 12.3. The lowest BCUT2D eigenvalue weighted by Gasteiger charge is -2.40. The van der Waals surface area contributed by atoms with Gasteiger partial charge in [-0.3, -0.25) is 0 Å². The summed E-state index contributed by atoms with van der Waals surface area (Å²) in [5, 5.41) is 38.2. The van der Waals surface area contributed by atoms with E-state index in [4.69, 9.17) is 14.6 Å². The number of aliphatic hydroxyl groups is 4. The van der Waals surface area contributed by atoms with Crippen LogP contribution in [-0.4, -0.2) is 63.8 Å². The SMILES string of the molecule is CCCCCCC(C)O[C@@H]1OC(CO)[C@@H](O)C(O)C1O. The summed E-state index contributed by atoms with van der Waals surface area (Å²) in [6.45, 7) is 3.59. The molecule has 0 spiro atoms. The molecule has 1 heterocycles. The predicted octanol–water partition coefficient (Wildman–Crippen LogP) is 0.162. The summed E-state index contributed by atoms with van der Waals surface area (Å²) in [6, 6.07) is 0. The molecule has 6 heteroatoms. The molecule has 6 nitrogen and oxygen atoms in total. The first-order chi connectivity index (χ1) is 9.51. The van der Waals surface area contributed by atoms with Gasteiger partial charge < -0.3 is 29.9 Å². The van der Waals surface area contributed by atoms with Gasteiger partial charge in [0, 0.05) is 0 Å². The maximum atomic E-state index is 9.84. The normalized spacial score (nSPS) is 36.0. The Hall–Kier alpha value is -0.240. The van der Waals surface area contributed by atoms with Gasteiger partial charge in [0.25, 0.3) is 0 Å². The van der Waals surface area contributed by atoms with Crippen LogP contribution in [0.25, 0.3) is 0 Å². The quantitative estimate of drug-likeness (QED) is 0.476. The molecule has 0 saturated carbocycles. The van der Waals surface area contributed by atoms with E-state index in [2.05, 4.69) is 6.92 Å². The maximum absolute atomic E-state index is 9.84. The molecule has 1 rings (SSSR count). The number of aliphatic hydroxyl groups excluding tert-OH is 4. The smallest absolute Gasteiger partial charge is 0.186 e. The van der Waals surface area contributed by atoms with Crippen molar-refractivity contribution in [3.05, 3.63) is 0 Å². The first kappa shape index (κ1) is 17.8. The van der Waals surface area contributed by atoms with Crippen LogP contribution >= 0.6 is 0 Å². The van der Waals surface area contributed by atoms with Crippen LogP contribution in [0.1, 0.15) is 46.0 Å². The molecule has 0 radical (unpaired) electrons. The van der Waals surface area contributed by atoms with Crippen LogP contribution in [0.2, 0.25) is 0 Å². The summed E-state index contributed by atoms with van der Waals surface area (Å²) in [6.07, 6.45) is -0.709. The molecule has 0 aromatic rings. The van der Waals surface area contributed by atoms with Crippen LogP contribution in [0, 0.1) is 0 Å². The summed E-state index contributed by atoms with van der Waals surface area (Å²) < 4.78 is 10.9. The van der Waals surface area contributed by atoms with E-state index in [-0.39, 0.29) is 6.10 Å². The maximum Gasteiger partial charge on any atom is 0.186 e. The number of unbranched alkanes of at least 4 members (excludes halogenated alkanes) is 3. The monoisotopic (exact) mass is 292 g/mol. The van der Waals surface area contributed by atoms with E-state index in [0.717, 1.165) is 19.3 Å². The van der Waals surface area contributed by atoms with E-state index in [1.165, 1.54) is 12.8 Å². The van der Waals surface area contributed by atoms with Crippen LogP contribution in [0.15, 0.2) is 0 Å². The lowest BCUT2D eigenvalue weighted by Crippen LogP contribution is -2.59. The third-order valence-electron chi connectivity index (χ3n) is 3.68. The topological polar surface area (TPSA) is 99.4 Å². The molecule has 0 bridgehead atoms. The summed E-state index contributed by atoms with van der Waals surface area (Å²) in [7, 11) is 0. The van der Waals surface area contributed by atoms with Gasteiger partial charge in [0.2, 0.25) is 0 Å². The fourth-order valence-corrected chi connectivity index (χ4v) is 2.34. The van der Waals surface area contributed by atoms with Crippen molar-refractivity contribution >= 4 is 0 Å². The van der Waals surface area contributed by atoms with Crippen molar-refractivity contribution < 1.29 is 29.9 Å². The predicted molar refractivity (Wildman–Crippen MR) is 73.1 cm³/mol. The molecule has 1 fully saturated rings. The minimum Gasteiger partial charge on any atom is -0.394 e. The van der Waals surface area contributed by atoms with Crippen molar-refractivity contribution in [3.63, 3.8) is 0 Å². The van der Waals surface area contributed by atoms with Crippen molar-refractivity contribution in [2.24, 2.45) is 0 Å². The Morgan fingerprint density at radius 1 is 1.05 bits per heavy atom. The number of hydrogen-bond donors (Lipinski definition) is 4. The average molecular weight is 292 g/mol. The molecule has 0 aliphatic carbocycles. The van der Waals surface area contributed by atoms with E-state index in [9.17, 15) is 15.3 Å². The first-order valence-electron chi connectivity index (χ1n) is 7.47. The van der Waals surface area contributed by atoms with Gasteiger partial charge in [-0.15, -0.1) is 0 Å². The summed E-state index contributed by atoms with van der Waals surface area (Å²) in [4.78, 5) is 0. The Morgan fingerprint density at radius 2 is 1.75 bits per heavy atom. The molecular formula is C14H28O6. The fourth-order valence-electron chi connectivity index (χ4n) is 2.34. The molecule has 0 aromatic carbocycles. The van der Waals surface area contributed by atoms with Crippen molar-refractivity contribution in [1.82, 2.24) is 0 Å². The van der Waals surface area contributed by atoms with Gasteiger partial charge in [0.1, 0.15) is 24.4 Å². The molecule has 4 N–H and O–H groups in total. The van der Waals surface area contributed by atoms with E-state index in [1.54, 1.807) is 0 Å². The molecular weight excluding hydrogens is 264 g/mol. The molecule has 1 aliphatic heterocycles. The Kier molecular flexibility index (Phi) is 7.94. The Morgan fingerprint density at radius 3 is 2.35 bits per heavy atom. The molecule has 20 heavy (non-hydrogen) atoms. The molecule has 1 saturated heterocycles.